The maximum Gasteiger partial charge on any atom is 0.323 e. The predicted octanol–water partition coefficient (Wildman–Crippen LogP) is 2.56. The number of piperidine rings is 1. The molecule has 1 aromatic carbocycles. The minimum absolute atomic E-state index is 0.0925. The molecular formula is C20H29N3O2. The van der Waals surface area contributed by atoms with Crippen LogP contribution in [0.15, 0.2) is 24.3 Å². The topological polar surface area (TPSA) is 36.0 Å². The Labute approximate surface area is 150 Å². The molecule has 2 fully saturated rings. The summed E-state index contributed by atoms with van der Waals surface area (Å²) in [6.07, 6.45) is 3.47. The second-order valence-electron chi connectivity index (χ2n) is 8.09. The Morgan fingerprint density at radius 1 is 1.28 bits per heavy atom. The third kappa shape index (κ3) is 3.04. The summed E-state index contributed by atoms with van der Waals surface area (Å²) in [6.45, 7) is 6.08. The van der Waals surface area contributed by atoms with E-state index in [2.05, 4.69) is 23.1 Å². The highest BCUT2D eigenvalue weighted by molar-refractivity contribution is 5.95. The Bertz CT molecular complexity index is 632. The van der Waals surface area contributed by atoms with Crippen molar-refractivity contribution >= 4 is 11.7 Å². The monoisotopic (exact) mass is 343 g/mol. The molecule has 3 aliphatic heterocycles. The van der Waals surface area contributed by atoms with E-state index >= 15 is 0 Å². The van der Waals surface area contributed by atoms with Crippen molar-refractivity contribution in [2.45, 2.75) is 24.7 Å². The van der Waals surface area contributed by atoms with Crippen molar-refractivity contribution in [2.75, 3.05) is 58.4 Å². The van der Waals surface area contributed by atoms with Gasteiger partial charge in [-0.05, 0) is 49.9 Å². The molecule has 0 radical (unpaired) electrons. The zero-order chi connectivity index (χ0) is 17.4. The molecule has 1 aromatic rings. The first-order valence-corrected chi connectivity index (χ1v) is 9.47. The van der Waals surface area contributed by atoms with Gasteiger partial charge >= 0.3 is 6.03 Å². The van der Waals surface area contributed by atoms with E-state index in [1.54, 1.807) is 4.90 Å². The molecule has 1 spiro atoms. The van der Waals surface area contributed by atoms with E-state index in [0.717, 1.165) is 57.9 Å². The molecule has 5 heteroatoms. The maximum atomic E-state index is 12.7. The molecule has 3 aliphatic rings. The van der Waals surface area contributed by atoms with Crippen LogP contribution in [0.4, 0.5) is 10.5 Å². The van der Waals surface area contributed by atoms with Crippen LogP contribution in [-0.4, -0.2) is 69.3 Å². The van der Waals surface area contributed by atoms with Gasteiger partial charge in [-0.15, -0.1) is 0 Å². The summed E-state index contributed by atoms with van der Waals surface area (Å²) >= 11 is 0. The van der Waals surface area contributed by atoms with Crippen LogP contribution in [0.3, 0.4) is 0 Å². The minimum atomic E-state index is 0.0925. The number of anilines is 1. The second-order valence-corrected chi connectivity index (χ2v) is 8.09. The smallest absolute Gasteiger partial charge is 0.323 e. The molecule has 0 aromatic heterocycles. The highest BCUT2D eigenvalue weighted by atomic mass is 16.5. The van der Waals surface area contributed by atoms with Gasteiger partial charge in [-0.3, -0.25) is 4.90 Å². The quantitative estimate of drug-likeness (QED) is 0.828. The number of likely N-dealkylation sites (tertiary alicyclic amines) is 1. The number of para-hydroxylation sites is 1. The van der Waals surface area contributed by atoms with E-state index in [1.807, 2.05) is 25.1 Å². The van der Waals surface area contributed by atoms with Crippen LogP contribution in [0.2, 0.25) is 0 Å². The SMILES string of the molecule is CN(C)C(=O)N1CC2(CCN(CC3CCOC3)CC2)c2ccccc21. The van der Waals surface area contributed by atoms with Gasteiger partial charge < -0.3 is 14.5 Å². The second kappa shape index (κ2) is 6.61. The molecule has 25 heavy (non-hydrogen) atoms. The molecule has 1 atom stereocenters. The average Bonchev–Trinajstić information content (AvgIpc) is 3.24. The first-order chi connectivity index (χ1) is 12.1. The number of carbonyl (C=O) groups is 1. The van der Waals surface area contributed by atoms with Crippen molar-refractivity contribution in [2.24, 2.45) is 5.92 Å². The van der Waals surface area contributed by atoms with E-state index in [-0.39, 0.29) is 11.4 Å². The number of rotatable bonds is 2. The van der Waals surface area contributed by atoms with Crippen LogP contribution < -0.4 is 4.90 Å². The molecule has 136 valence electrons. The number of carbonyl (C=O) groups excluding carboxylic acids is 1. The predicted molar refractivity (Wildman–Crippen MR) is 99.1 cm³/mol. The van der Waals surface area contributed by atoms with Gasteiger partial charge in [0.2, 0.25) is 0 Å². The molecule has 4 rings (SSSR count). The van der Waals surface area contributed by atoms with Crippen LogP contribution in [0.5, 0.6) is 0 Å². The molecule has 0 aliphatic carbocycles. The number of hydrogen-bond donors (Lipinski definition) is 0. The van der Waals surface area contributed by atoms with Crippen molar-refractivity contribution in [3.05, 3.63) is 29.8 Å². The average molecular weight is 343 g/mol. The fourth-order valence-electron chi connectivity index (χ4n) is 4.73. The Balaban J connectivity index is 1.50. The number of ether oxygens (including phenoxy) is 1. The van der Waals surface area contributed by atoms with Crippen LogP contribution in [0, 0.1) is 5.92 Å². The highest BCUT2D eigenvalue weighted by Gasteiger charge is 2.46. The number of hydrogen-bond acceptors (Lipinski definition) is 3. The number of benzene rings is 1. The molecule has 1 unspecified atom stereocenters. The van der Waals surface area contributed by atoms with Gasteiger partial charge in [0.05, 0.1) is 6.61 Å². The summed E-state index contributed by atoms with van der Waals surface area (Å²) in [5.74, 6) is 0.705. The third-order valence-electron chi connectivity index (χ3n) is 6.19. The Morgan fingerprint density at radius 2 is 2.04 bits per heavy atom. The molecule has 0 N–H and O–H groups in total. The van der Waals surface area contributed by atoms with Crippen molar-refractivity contribution in [3.63, 3.8) is 0 Å². The lowest BCUT2D eigenvalue weighted by atomic mass is 9.74. The van der Waals surface area contributed by atoms with Gasteiger partial charge in [-0.2, -0.15) is 0 Å². The zero-order valence-corrected chi connectivity index (χ0v) is 15.4. The summed E-state index contributed by atoms with van der Waals surface area (Å²) in [5.41, 5.74) is 2.61. The van der Waals surface area contributed by atoms with Gasteiger partial charge in [-0.1, -0.05) is 18.2 Å². The Hall–Kier alpha value is -1.59. The van der Waals surface area contributed by atoms with E-state index in [4.69, 9.17) is 4.74 Å². The van der Waals surface area contributed by atoms with Crippen molar-refractivity contribution < 1.29 is 9.53 Å². The largest absolute Gasteiger partial charge is 0.381 e. The molecule has 2 saturated heterocycles. The zero-order valence-electron chi connectivity index (χ0n) is 15.4. The lowest BCUT2D eigenvalue weighted by Gasteiger charge is -2.40. The van der Waals surface area contributed by atoms with Crippen LogP contribution in [0.1, 0.15) is 24.8 Å². The van der Waals surface area contributed by atoms with Gasteiger partial charge in [0.25, 0.3) is 0 Å². The fraction of sp³-hybridized carbons (Fsp3) is 0.650. The summed E-state index contributed by atoms with van der Waals surface area (Å²) in [5, 5.41) is 0. The molecular weight excluding hydrogens is 314 g/mol. The Kier molecular flexibility index (Phi) is 4.46. The number of fused-ring (bicyclic) bond motifs is 2. The maximum absolute atomic E-state index is 12.7. The molecule has 5 nitrogen and oxygen atoms in total. The van der Waals surface area contributed by atoms with Crippen molar-refractivity contribution in [1.82, 2.24) is 9.80 Å². The van der Waals surface area contributed by atoms with Crippen molar-refractivity contribution in [1.29, 1.82) is 0 Å². The van der Waals surface area contributed by atoms with Crippen LogP contribution in [0.25, 0.3) is 0 Å². The molecule has 3 heterocycles. The van der Waals surface area contributed by atoms with Crippen molar-refractivity contribution in [3.8, 4) is 0 Å². The number of urea groups is 1. The number of amides is 2. The van der Waals surface area contributed by atoms with Crippen LogP contribution in [-0.2, 0) is 10.2 Å². The standard InChI is InChI=1S/C20H29N3O2/c1-21(2)19(24)23-15-20(17-5-3-4-6-18(17)23)8-10-22(11-9-20)13-16-7-12-25-14-16/h3-6,16H,7-15H2,1-2H3. The van der Waals surface area contributed by atoms with Gasteiger partial charge in [-0.25, -0.2) is 4.79 Å². The first-order valence-electron chi connectivity index (χ1n) is 9.47. The summed E-state index contributed by atoms with van der Waals surface area (Å²) < 4.78 is 5.53. The normalized spacial score (nSPS) is 25.4. The van der Waals surface area contributed by atoms with Crippen LogP contribution >= 0.6 is 0 Å². The van der Waals surface area contributed by atoms with E-state index < -0.39 is 0 Å². The molecule has 2 amide bonds. The summed E-state index contributed by atoms with van der Waals surface area (Å²) in [4.78, 5) is 18.9. The minimum Gasteiger partial charge on any atom is -0.381 e. The van der Waals surface area contributed by atoms with E-state index in [9.17, 15) is 4.79 Å². The van der Waals surface area contributed by atoms with Gasteiger partial charge in [0.15, 0.2) is 0 Å². The first kappa shape index (κ1) is 16.9. The molecule has 0 saturated carbocycles. The number of nitrogens with zero attached hydrogens (tertiary/aromatic N) is 3. The molecule has 0 bridgehead atoms. The van der Waals surface area contributed by atoms with Gasteiger partial charge in [0.1, 0.15) is 0 Å². The lowest BCUT2D eigenvalue weighted by Crippen LogP contribution is -2.48. The third-order valence-corrected chi connectivity index (χ3v) is 6.19. The lowest BCUT2D eigenvalue weighted by molar-refractivity contribution is 0.131. The Morgan fingerprint density at radius 3 is 2.72 bits per heavy atom. The summed E-state index contributed by atoms with van der Waals surface area (Å²) in [7, 11) is 3.67. The van der Waals surface area contributed by atoms with E-state index in [0.29, 0.717) is 5.92 Å². The fourth-order valence-corrected chi connectivity index (χ4v) is 4.73. The summed E-state index contributed by atoms with van der Waals surface area (Å²) in [6, 6.07) is 8.59. The highest BCUT2D eigenvalue weighted by Crippen LogP contribution is 2.47. The van der Waals surface area contributed by atoms with Gasteiger partial charge in [0, 0.05) is 44.9 Å². The van der Waals surface area contributed by atoms with E-state index in [1.165, 1.54) is 12.0 Å².